The normalized spacial score (nSPS) is 17.7. The number of hydrogen-bond donors (Lipinski definition) is 1. The molecule has 2 aromatic rings. The summed E-state index contributed by atoms with van der Waals surface area (Å²) in [6.07, 6.45) is 2.77. The zero-order valence-corrected chi connectivity index (χ0v) is 16.0. The number of rotatable bonds is 5. The summed E-state index contributed by atoms with van der Waals surface area (Å²) in [5.41, 5.74) is 0.471. The van der Waals surface area contributed by atoms with Gasteiger partial charge >= 0.3 is 6.09 Å². The molecule has 2 unspecified atom stereocenters. The van der Waals surface area contributed by atoms with Gasteiger partial charge in [0.05, 0.1) is 15.7 Å². The summed E-state index contributed by atoms with van der Waals surface area (Å²) < 4.78 is 30.8. The molecule has 1 aliphatic rings. The van der Waals surface area contributed by atoms with Gasteiger partial charge in [-0.05, 0) is 42.9 Å². The molecule has 9 heteroatoms. The third-order valence-electron chi connectivity index (χ3n) is 5.08. The second kappa shape index (κ2) is 8.16. The monoisotopic (exact) mass is 395 g/mol. The van der Waals surface area contributed by atoms with Crippen LogP contribution in [0.3, 0.4) is 0 Å². The Kier molecular flexibility index (Phi) is 5.88. The first-order valence-corrected chi connectivity index (χ1v) is 10.3. The van der Waals surface area contributed by atoms with Gasteiger partial charge in [0.15, 0.2) is 0 Å². The summed E-state index contributed by atoms with van der Waals surface area (Å²) in [5, 5.41) is 12.9. The quantitative estimate of drug-likeness (QED) is 0.835. The van der Waals surface area contributed by atoms with Gasteiger partial charge in [-0.15, -0.1) is 0 Å². The molecule has 1 aromatic carbocycles. The Labute approximate surface area is 159 Å². The van der Waals surface area contributed by atoms with E-state index in [1.807, 2.05) is 0 Å². The predicted octanol–water partition coefficient (Wildman–Crippen LogP) is 3.18. The Hall–Kier alpha value is -2.29. The fourth-order valence-electron chi connectivity index (χ4n) is 3.43. The Morgan fingerprint density at radius 1 is 1.44 bits per heavy atom. The SMILES string of the molecule is CC(Cc1nc(-c2ccc(S(C)=O)c(F)c2)no1)C1CCN(C(=O)O)CC1. The average Bonchev–Trinajstić information content (AvgIpc) is 3.09. The van der Waals surface area contributed by atoms with E-state index in [4.69, 9.17) is 9.63 Å². The van der Waals surface area contributed by atoms with E-state index in [9.17, 15) is 13.4 Å². The highest BCUT2D eigenvalue weighted by molar-refractivity contribution is 7.84. The van der Waals surface area contributed by atoms with Gasteiger partial charge in [-0.3, -0.25) is 4.21 Å². The third-order valence-corrected chi connectivity index (χ3v) is 6.03. The molecule has 3 rings (SSSR count). The molecule has 0 radical (unpaired) electrons. The van der Waals surface area contributed by atoms with E-state index >= 15 is 0 Å². The van der Waals surface area contributed by atoms with Crippen molar-refractivity contribution in [1.29, 1.82) is 0 Å². The van der Waals surface area contributed by atoms with Crippen LogP contribution in [0.5, 0.6) is 0 Å². The van der Waals surface area contributed by atoms with E-state index in [0.29, 0.717) is 42.7 Å². The molecule has 1 saturated heterocycles. The fraction of sp³-hybridized carbons (Fsp3) is 0.500. The fourth-order valence-corrected chi connectivity index (χ4v) is 4.02. The van der Waals surface area contributed by atoms with E-state index in [1.165, 1.54) is 23.3 Å². The molecule has 2 heterocycles. The van der Waals surface area contributed by atoms with Crippen molar-refractivity contribution in [3.63, 3.8) is 0 Å². The Morgan fingerprint density at radius 3 is 2.74 bits per heavy atom. The van der Waals surface area contributed by atoms with Crippen molar-refractivity contribution >= 4 is 16.9 Å². The van der Waals surface area contributed by atoms with E-state index in [0.717, 1.165) is 12.8 Å². The van der Waals surface area contributed by atoms with Crippen LogP contribution in [-0.4, -0.2) is 49.8 Å². The molecule has 1 fully saturated rings. The highest BCUT2D eigenvalue weighted by Crippen LogP contribution is 2.28. The van der Waals surface area contributed by atoms with Crippen molar-refractivity contribution in [2.45, 2.75) is 31.1 Å². The number of halogens is 1. The molecule has 0 spiro atoms. The number of hydrogen-bond acceptors (Lipinski definition) is 5. The Bertz CT molecular complexity index is 849. The summed E-state index contributed by atoms with van der Waals surface area (Å²) in [6.45, 7) is 3.18. The van der Waals surface area contributed by atoms with Gasteiger partial charge in [0.1, 0.15) is 5.82 Å². The lowest BCUT2D eigenvalue weighted by Crippen LogP contribution is -2.39. The largest absolute Gasteiger partial charge is 0.465 e. The van der Waals surface area contributed by atoms with Crippen LogP contribution in [-0.2, 0) is 17.2 Å². The molecule has 1 N–H and O–H groups in total. The minimum atomic E-state index is -1.40. The van der Waals surface area contributed by atoms with Crippen LogP contribution >= 0.6 is 0 Å². The molecule has 7 nitrogen and oxygen atoms in total. The van der Waals surface area contributed by atoms with Crippen LogP contribution in [0.2, 0.25) is 0 Å². The molecule has 1 aromatic heterocycles. The molecule has 0 aliphatic carbocycles. The van der Waals surface area contributed by atoms with Gasteiger partial charge in [-0.2, -0.15) is 4.98 Å². The molecular weight excluding hydrogens is 373 g/mol. The minimum Gasteiger partial charge on any atom is -0.465 e. The number of carboxylic acid groups (broad SMARTS) is 1. The number of nitrogens with zero attached hydrogens (tertiary/aromatic N) is 3. The Balaban J connectivity index is 1.63. The van der Waals surface area contributed by atoms with Gasteiger partial charge in [0.2, 0.25) is 11.7 Å². The lowest BCUT2D eigenvalue weighted by molar-refractivity contribution is 0.113. The molecular formula is C18H22FN3O4S. The van der Waals surface area contributed by atoms with Crippen molar-refractivity contribution in [3.05, 3.63) is 29.9 Å². The van der Waals surface area contributed by atoms with Crippen LogP contribution < -0.4 is 0 Å². The summed E-state index contributed by atoms with van der Waals surface area (Å²) in [7, 11) is -1.40. The third kappa shape index (κ3) is 4.52. The van der Waals surface area contributed by atoms with Crippen LogP contribution in [0.1, 0.15) is 25.7 Å². The number of amides is 1. The highest BCUT2D eigenvalue weighted by Gasteiger charge is 2.27. The number of aromatic nitrogens is 2. The molecule has 0 saturated carbocycles. The van der Waals surface area contributed by atoms with Crippen molar-refractivity contribution in [2.75, 3.05) is 19.3 Å². The maximum Gasteiger partial charge on any atom is 0.407 e. The molecule has 27 heavy (non-hydrogen) atoms. The van der Waals surface area contributed by atoms with Crippen LogP contribution in [0.25, 0.3) is 11.4 Å². The number of carbonyl (C=O) groups is 1. The molecule has 146 valence electrons. The van der Waals surface area contributed by atoms with Gasteiger partial charge in [-0.25, -0.2) is 9.18 Å². The standard InChI is InChI=1S/C18H22FN3O4S/c1-11(12-5-7-22(8-6-12)18(23)24)9-16-20-17(21-26-16)13-3-4-15(27(2)25)14(19)10-13/h3-4,10-12H,5-9H2,1-2H3,(H,23,24). The first-order chi connectivity index (χ1) is 12.8. The maximum atomic E-state index is 14.0. The van der Waals surface area contributed by atoms with Gasteiger partial charge < -0.3 is 14.5 Å². The van der Waals surface area contributed by atoms with Crippen molar-refractivity contribution < 1.29 is 23.0 Å². The Morgan fingerprint density at radius 2 is 2.15 bits per heavy atom. The van der Waals surface area contributed by atoms with Gasteiger partial charge in [0, 0.05) is 31.3 Å². The highest BCUT2D eigenvalue weighted by atomic mass is 32.2. The van der Waals surface area contributed by atoms with Crippen molar-refractivity contribution in [3.8, 4) is 11.4 Å². The van der Waals surface area contributed by atoms with E-state index in [-0.39, 0.29) is 10.8 Å². The van der Waals surface area contributed by atoms with E-state index in [1.54, 1.807) is 6.07 Å². The smallest absolute Gasteiger partial charge is 0.407 e. The van der Waals surface area contributed by atoms with Crippen LogP contribution in [0, 0.1) is 17.7 Å². The molecule has 1 aliphatic heterocycles. The number of piperidine rings is 1. The lowest BCUT2D eigenvalue weighted by Gasteiger charge is -2.32. The lowest BCUT2D eigenvalue weighted by atomic mass is 9.83. The average molecular weight is 395 g/mol. The second-order valence-electron chi connectivity index (χ2n) is 6.90. The van der Waals surface area contributed by atoms with Crippen LogP contribution in [0.4, 0.5) is 9.18 Å². The first kappa shape index (κ1) is 19.5. The topological polar surface area (TPSA) is 96.5 Å². The summed E-state index contributed by atoms with van der Waals surface area (Å²) >= 11 is 0. The molecule has 2 atom stereocenters. The number of likely N-dealkylation sites (tertiary alicyclic amines) is 1. The first-order valence-electron chi connectivity index (χ1n) is 8.79. The zero-order chi connectivity index (χ0) is 19.6. The zero-order valence-electron chi connectivity index (χ0n) is 15.2. The minimum absolute atomic E-state index is 0.142. The van der Waals surface area contributed by atoms with Crippen molar-refractivity contribution in [2.24, 2.45) is 11.8 Å². The number of benzene rings is 1. The maximum absolute atomic E-state index is 14.0. The van der Waals surface area contributed by atoms with Crippen LogP contribution in [0.15, 0.2) is 27.6 Å². The predicted molar refractivity (Wildman–Crippen MR) is 97.2 cm³/mol. The van der Waals surface area contributed by atoms with Gasteiger partial charge in [-0.1, -0.05) is 12.1 Å². The summed E-state index contributed by atoms with van der Waals surface area (Å²) in [6, 6.07) is 4.35. The van der Waals surface area contributed by atoms with Gasteiger partial charge in [0.25, 0.3) is 0 Å². The second-order valence-corrected chi connectivity index (χ2v) is 8.25. The molecule has 1 amide bonds. The van der Waals surface area contributed by atoms with E-state index in [2.05, 4.69) is 17.1 Å². The summed E-state index contributed by atoms with van der Waals surface area (Å²) in [4.78, 5) is 16.9. The summed E-state index contributed by atoms with van der Waals surface area (Å²) in [5.74, 6) is 0.883. The van der Waals surface area contributed by atoms with Crippen molar-refractivity contribution in [1.82, 2.24) is 15.0 Å². The molecule has 0 bridgehead atoms. The van der Waals surface area contributed by atoms with E-state index < -0.39 is 22.7 Å².